The van der Waals surface area contributed by atoms with Gasteiger partial charge in [-0.25, -0.2) is 4.79 Å². The molecular weight excluding hydrogens is 216 g/mol. The zero-order chi connectivity index (χ0) is 13.4. The SMILES string of the molecule is CCc1c(C(=O)O)cc(C(C)(C)C)c([O-])c1C. The molecule has 0 aliphatic heterocycles. The molecular formula is C14H19O3-. The van der Waals surface area contributed by atoms with Gasteiger partial charge in [0.25, 0.3) is 0 Å². The summed E-state index contributed by atoms with van der Waals surface area (Å²) < 4.78 is 0. The standard InChI is InChI=1S/C14H20O3/c1-6-9-8(2)12(15)11(14(3,4)5)7-10(9)13(16)17/h7,15H,6H2,1-5H3,(H,16,17)/p-1. The predicted molar refractivity (Wildman–Crippen MR) is 65.7 cm³/mol. The van der Waals surface area contributed by atoms with E-state index in [1.807, 2.05) is 27.7 Å². The topological polar surface area (TPSA) is 60.4 Å². The van der Waals surface area contributed by atoms with E-state index in [-0.39, 0.29) is 16.7 Å². The van der Waals surface area contributed by atoms with E-state index in [0.717, 1.165) is 0 Å². The van der Waals surface area contributed by atoms with E-state index in [4.69, 9.17) is 0 Å². The van der Waals surface area contributed by atoms with Gasteiger partial charge in [0.1, 0.15) is 0 Å². The van der Waals surface area contributed by atoms with Gasteiger partial charge in [-0.15, -0.1) is 5.75 Å². The summed E-state index contributed by atoms with van der Waals surface area (Å²) >= 11 is 0. The lowest BCUT2D eigenvalue weighted by Crippen LogP contribution is -2.18. The van der Waals surface area contributed by atoms with Crippen LogP contribution in [0.15, 0.2) is 6.07 Å². The summed E-state index contributed by atoms with van der Waals surface area (Å²) in [5, 5.41) is 21.4. The van der Waals surface area contributed by atoms with E-state index < -0.39 is 5.97 Å². The highest BCUT2D eigenvalue weighted by Crippen LogP contribution is 2.35. The van der Waals surface area contributed by atoms with Crippen molar-refractivity contribution in [3.05, 3.63) is 28.3 Å². The van der Waals surface area contributed by atoms with Gasteiger partial charge in [-0.2, -0.15) is 0 Å². The van der Waals surface area contributed by atoms with Crippen LogP contribution in [0.25, 0.3) is 0 Å². The van der Waals surface area contributed by atoms with Crippen LogP contribution in [0.2, 0.25) is 0 Å². The van der Waals surface area contributed by atoms with E-state index in [0.29, 0.717) is 23.1 Å². The Hall–Kier alpha value is -1.51. The quantitative estimate of drug-likeness (QED) is 0.857. The third-order valence-corrected chi connectivity index (χ3v) is 3.04. The molecule has 0 fully saturated rings. The number of hydrogen-bond acceptors (Lipinski definition) is 2. The molecule has 0 aliphatic carbocycles. The van der Waals surface area contributed by atoms with Gasteiger partial charge in [0, 0.05) is 0 Å². The maximum absolute atomic E-state index is 12.2. The van der Waals surface area contributed by atoms with Crippen molar-refractivity contribution >= 4 is 5.97 Å². The maximum Gasteiger partial charge on any atom is 0.335 e. The molecule has 0 bridgehead atoms. The number of rotatable bonds is 2. The predicted octanol–water partition coefficient (Wildman–Crippen LogP) is 2.63. The van der Waals surface area contributed by atoms with Crippen molar-refractivity contribution in [2.75, 3.05) is 0 Å². The van der Waals surface area contributed by atoms with Crippen LogP contribution in [0.3, 0.4) is 0 Å². The lowest BCUT2D eigenvalue weighted by atomic mass is 9.82. The van der Waals surface area contributed by atoms with Crippen LogP contribution in [0.4, 0.5) is 0 Å². The van der Waals surface area contributed by atoms with Crippen molar-refractivity contribution in [3.8, 4) is 5.75 Å². The molecule has 1 aromatic carbocycles. The Morgan fingerprint density at radius 1 is 1.41 bits per heavy atom. The number of aromatic carboxylic acids is 1. The lowest BCUT2D eigenvalue weighted by molar-refractivity contribution is -0.271. The van der Waals surface area contributed by atoms with E-state index in [1.54, 1.807) is 6.92 Å². The number of carbonyl (C=O) groups is 1. The van der Waals surface area contributed by atoms with Crippen LogP contribution in [0.5, 0.6) is 5.75 Å². The van der Waals surface area contributed by atoms with Crippen molar-refractivity contribution in [1.82, 2.24) is 0 Å². The van der Waals surface area contributed by atoms with Crippen LogP contribution in [-0.4, -0.2) is 11.1 Å². The molecule has 17 heavy (non-hydrogen) atoms. The highest BCUT2D eigenvalue weighted by Gasteiger charge is 2.21. The summed E-state index contributed by atoms with van der Waals surface area (Å²) in [5.41, 5.74) is 1.71. The minimum absolute atomic E-state index is 0.0284. The van der Waals surface area contributed by atoms with Gasteiger partial charge in [0.05, 0.1) is 5.56 Å². The summed E-state index contributed by atoms with van der Waals surface area (Å²) in [4.78, 5) is 11.2. The monoisotopic (exact) mass is 235 g/mol. The number of carboxylic acid groups (broad SMARTS) is 1. The normalized spacial score (nSPS) is 11.6. The van der Waals surface area contributed by atoms with Crippen molar-refractivity contribution in [1.29, 1.82) is 0 Å². The molecule has 3 heteroatoms. The van der Waals surface area contributed by atoms with E-state index in [9.17, 15) is 15.0 Å². The van der Waals surface area contributed by atoms with Crippen molar-refractivity contribution in [2.24, 2.45) is 0 Å². The van der Waals surface area contributed by atoms with E-state index >= 15 is 0 Å². The Morgan fingerprint density at radius 3 is 2.29 bits per heavy atom. The molecule has 0 heterocycles. The van der Waals surface area contributed by atoms with Gasteiger partial charge >= 0.3 is 5.97 Å². The number of carboxylic acids is 1. The summed E-state index contributed by atoms with van der Waals surface area (Å²) in [6.07, 6.45) is 0.563. The molecule has 3 nitrogen and oxygen atoms in total. The van der Waals surface area contributed by atoms with Crippen LogP contribution in [0, 0.1) is 6.92 Å². The van der Waals surface area contributed by atoms with Crippen molar-refractivity contribution in [3.63, 3.8) is 0 Å². The van der Waals surface area contributed by atoms with Gasteiger partial charge in [-0.3, -0.25) is 0 Å². The third kappa shape index (κ3) is 2.43. The summed E-state index contributed by atoms with van der Waals surface area (Å²) in [6.45, 7) is 9.33. The van der Waals surface area contributed by atoms with Gasteiger partial charge < -0.3 is 10.2 Å². The average Bonchev–Trinajstić information content (AvgIpc) is 2.19. The van der Waals surface area contributed by atoms with Crippen LogP contribution in [-0.2, 0) is 11.8 Å². The minimum Gasteiger partial charge on any atom is -0.872 e. The van der Waals surface area contributed by atoms with Gasteiger partial charge in [0.2, 0.25) is 0 Å². The van der Waals surface area contributed by atoms with Crippen LogP contribution < -0.4 is 5.11 Å². The fourth-order valence-electron chi connectivity index (χ4n) is 2.04. The second kappa shape index (κ2) is 4.40. The Morgan fingerprint density at radius 2 is 1.94 bits per heavy atom. The van der Waals surface area contributed by atoms with Crippen LogP contribution >= 0.6 is 0 Å². The van der Waals surface area contributed by atoms with E-state index in [1.165, 1.54) is 6.07 Å². The molecule has 94 valence electrons. The molecule has 0 atom stereocenters. The summed E-state index contributed by atoms with van der Waals surface area (Å²) in [5.74, 6) is -0.991. The molecule has 0 radical (unpaired) electrons. The lowest BCUT2D eigenvalue weighted by Gasteiger charge is -2.29. The molecule has 0 spiro atoms. The Kier molecular flexibility index (Phi) is 3.51. The minimum atomic E-state index is -0.963. The summed E-state index contributed by atoms with van der Waals surface area (Å²) in [6, 6.07) is 1.54. The molecule has 1 rings (SSSR count). The first-order valence-electron chi connectivity index (χ1n) is 5.77. The Balaban J connectivity index is 3.64. The average molecular weight is 235 g/mol. The second-order valence-electron chi connectivity index (χ2n) is 5.31. The number of hydrogen-bond donors (Lipinski definition) is 1. The number of benzene rings is 1. The molecule has 0 saturated carbocycles. The summed E-state index contributed by atoms with van der Waals surface area (Å²) in [7, 11) is 0. The highest BCUT2D eigenvalue weighted by atomic mass is 16.4. The Bertz CT molecular complexity index is 454. The molecule has 0 aliphatic rings. The van der Waals surface area contributed by atoms with E-state index in [2.05, 4.69) is 0 Å². The molecule has 0 aromatic heterocycles. The van der Waals surface area contributed by atoms with Crippen molar-refractivity contribution < 1.29 is 15.0 Å². The smallest absolute Gasteiger partial charge is 0.335 e. The maximum atomic E-state index is 12.2. The van der Waals surface area contributed by atoms with Gasteiger partial charge in [0.15, 0.2) is 0 Å². The zero-order valence-corrected chi connectivity index (χ0v) is 11.0. The molecule has 1 aromatic rings. The fraction of sp³-hybridized carbons (Fsp3) is 0.500. The van der Waals surface area contributed by atoms with Crippen molar-refractivity contribution in [2.45, 2.75) is 46.5 Å². The van der Waals surface area contributed by atoms with Gasteiger partial charge in [-0.1, -0.05) is 33.3 Å². The van der Waals surface area contributed by atoms with Gasteiger partial charge in [-0.05, 0) is 36.0 Å². The first-order valence-corrected chi connectivity index (χ1v) is 5.77. The first-order chi connectivity index (χ1) is 7.70. The zero-order valence-electron chi connectivity index (χ0n) is 11.0. The molecule has 0 unspecified atom stereocenters. The highest BCUT2D eigenvalue weighted by molar-refractivity contribution is 5.90. The molecule has 1 N–H and O–H groups in total. The molecule has 0 amide bonds. The largest absolute Gasteiger partial charge is 0.872 e. The fourth-order valence-corrected chi connectivity index (χ4v) is 2.04. The molecule has 0 saturated heterocycles. The van der Waals surface area contributed by atoms with Crippen LogP contribution in [0.1, 0.15) is 54.7 Å². The Labute approximate surface area is 102 Å². The third-order valence-electron chi connectivity index (χ3n) is 3.04. The first kappa shape index (κ1) is 13.6. The second-order valence-corrected chi connectivity index (χ2v) is 5.31.